The van der Waals surface area contributed by atoms with Crippen molar-refractivity contribution >= 4 is 0 Å². The highest BCUT2D eigenvalue weighted by Crippen LogP contribution is 2.07. The van der Waals surface area contributed by atoms with E-state index in [2.05, 4.69) is 0 Å². The Morgan fingerprint density at radius 2 is 1.42 bits per heavy atom. The molecule has 74 valence electrons. The van der Waals surface area contributed by atoms with Crippen molar-refractivity contribution in [3.8, 4) is 0 Å². The van der Waals surface area contributed by atoms with Gasteiger partial charge in [0.25, 0.3) is 0 Å². The summed E-state index contributed by atoms with van der Waals surface area (Å²) in [7, 11) is 0. The summed E-state index contributed by atoms with van der Waals surface area (Å²) in [5.74, 6) is 0. The monoisotopic (exact) mass is 183 g/mol. The molecule has 0 aromatic rings. The van der Waals surface area contributed by atoms with Gasteiger partial charge in [-0.15, -0.1) is 0 Å². The molecule has 5 nitrogen and oxygen atoms in total. The van der Waals surface area contributed by atoms with Crippen LogP contribution in [0.1, 0.15) is 0 Å². The van der Waals surface area contributed by atoms with Crippen LogP contribution in [0.4, 0.5) is 4.39 Å². The Labute approximate surface area is 68.7 Å². The van der Waals surface area contributed by atoms with Crippen molar-refractivity contribution in [2.24, 2.45) is 0 Å². The molecule has 0 amide bonds. The summed E-state index contributed by atoms with van der Waals surface area (Å²) >= 11 is 0. The highest BCUT2D eigenvalue weighted by molar-refractivity contribution is 4.80. The minimum atomic E-state index is -2.03. The standard InChI is InChI=1S/C6H13FO5/c7-3(1-8)5(11)6(12)4(10)2-9/h3-6,8-12H,1-2H2/t3-,4+,5+,6+/m0/s1/i7-1. The van der Waals surface area contributed by atoms with Gasteiger partial charge in [0.05, 0.1) is 13.2 Å². The molecular weight excluding hydrogens is 170 g/mol. The largest absolute Gasteiger partial charge is 0.394 e. The molecule has 0 aromatic heterocycles. The van der Waals surface area contributed by atoms with Gasteiger partial charge in [0.1, 0.15) is 18.3 Å². The predicted molar refractivity (Wildman–Crippen MR) is 37.1 cm³/mol. The molecule has 0 radical (unpaired) electrons. The first-order chi connectivity index (χ1) is 5.54. The maximum Gasteiger partial charge on any atom is 0.151 e. The summed E-state index contributed by atoms with van der Waals surface area (Å²) < 4.78 is 12.4. The van der Waals surface area contributed by atoms with Gasteiger partial charge in [-0.25, -0.2) is 4.39 Å². The Kier molecular flexibility index (Phi) is 5.27. The Morgan fingerprint density at radius 1 is 0.917 bits per heavy atom. The van der Waals surface area contributed by atoms with Crippen LogP contribution in [-0.4, -0.2) is 63.2 Å². The van der Waals surface area contributed by atoms with Crippen LogP contribution in [0, 0.1) is 0 Å². The molecule has 0 saturated carbocycles. The van der Waals surface area contributed by atoms with E-state index in [1.54, 1.807) is 0 Å². The zero-order valence-electron chi connectivity index (χ0n) is 6.34. The van der Waals surface area contributed by atoms with Crippen LogP contribution in [0.15, 0.2) is 0 Å². The topological polar surface area (TPSA) is 101 Å². The van der Waals surface area contributed by atoms with Gasteiger partial charge in [0.15, 0.2) is 6.17 Å². The van der Waals surface area contributed by atoms with E-state index < -0.39 is 37.7 Å². The molecule has 4 atom stereocenters. The predicted octanol–water partition coefficient (Wildman–Crippen LogP) is -2.61. The lowest BCUT2D eigenvalue weighted by Crippen LogP contribution is -2.45. The fourth-order valence-corrected chi connectivity index (χ4v) is 0.658. The summed E-state index contributed by atoms with van der Waals surface area (Å²) in [4.78, 5) is 0. The summed E-state index contributed by atoms with van der Waals surface area (Å²) in [5.41, 5.74) is 0. The first kappa shape index (κ1) is 11.7. The van der Waals surface area contributed by atoms with E-state index in [1.807, 2.05) is 0 Å². The lowest BCUT2D eigenvalue weighted by molar-refractivity contribution is -0.106. The average molecular weight is 183 g/mol. The number of hydrogen-bond acceptors (Lipinski definition) is 5. The number of halogens is 1. The molecular formula is C6H13FO5. The van der Waals surface area contributed by atoms with E-state index in [1.165, 1.54) is 0 Å². The van der Waals surface area contributed by atoms with E-state index in [-0.39, 0.29) is 0 Å². The third kappa shape index (κ3) is 3.00. The zero-order chi connectivity index (χ0) is 9.72. The van der Waals surface area contributed by atoms with Gasteiger partial charge >= 0.3 is 0 Å². The van der Waals surface area contributed by atoms with Crippen molar-refractivity contribution in [1.82, 2.24) is 0 Å². The first-order valence-electron chi connectivity index (χ1n) is 3.44. The molecule has 0 saturated heterocycles. The average Bonchev–Trinajstić information content (AvgIpc) is 2.12. The second kappa shape index (κ2) is 5.39. The third-order valence-corrected chi connectivity index (χ3v) is 1.48. The Balaban J connectivity index is 3.99. The van der Waals surface area contributed by atoms with Gasteiger partial charge < -0.3 is 25.5 Å². The highest BCUT2D eigenvalue weighted by atomic mass is 18.2. The molecule has 0 aromatic carbocycles. The molecule has 0 aliphatic heterocycles. The molecule has 0 spiro atoms. The van der Waals surface area contributed by atoms with E-state index in [0.717, 1.165) is 0 Å². The van der Waals surface area contributed by atoms with Crippen molar-refractivity contribution in [3.63, 3.8) is 0 Å². The van der Waals surface area contributed by atoms with E-state index in [9.17, 15) is 4.39 Å². The van der Waals surface area contributed by atoms with Crippen LogP contribution in [-0.2, 0) is 0 Å². The van der Waals surface area contributed by atoms with E-state index >= 15 is 0 Å². The first-order valence-corrected chi connectivity index (χ1v) is 3.44. The second-order valence-electron chi connectivity index (χ2n) is 2.43. The van der Waals surface area contributed by atoms with Crippen LogP contribution < -0.4 is 0 Å². The maximum absolute atomic E-state index is 12.4. The Hall–Kier alpha value is -0.270. The molecule has 0 aliphatic rings. The van der Waals surface area contributed by atoms with Gasteiger partial charge in [-0.05, 0) is 0 Å². The van der Waals surface area contributed by atoms with Crippen molar-refractivity contribution in [3.05, 3.63) is 0 Å². The van der Waals surface area contributed by atoms with Gasteiger partial charge in [0, 0.05) is 0 Å². The minimum absolute atomic E-state index is 0.781. The Bertz CT molecular complexity index is 109. The van der Waals surface area contributed by atoms with Crippen LogP contribution in [0.3, 0.4) is 0 Å². The Morgan fingerprint density at radius 3 is 1.75 bits per heavy atom. The number of aliphatic hydroxyl groups excluding tert-OH is 5. The van der Waals surface area contributed by atoms with Gasteiger partial charge in [-0.2, -0.15) is 0 Å². The fourth-order valence-electron chi connectivity index (χ4n) is 0.658. The molecule has 0 aliphatic carbocycles. The maximum atomic E-state index is 12.4. The summed E-state index contributed by atoms with van der Waals surface area (Å²) in [6.45, 7) is -1.73. The molecule has 0 bridgehead atoms. The number of rotatable bonds is 5. The minimum Gasteiger partial charge on any atom is -0.394 e. The quantitative estimate of drug-likeness (QED) is 0.321. The van der Waals surface area contributed by atoms with Crippen LogP contribution >= 0.6 is 0 Å². The SMILES string of the molecule is OC[C@@H](O)[C@@H](O)[C@H](O)[C@@H]([18F])CO. The van der Waals surface area contributed by atoms with E-state index in [4.69, 9.17) is 25.5 Å². The molecule has 6 heteroatoms. The molecule has 0 rings (SSSR count). The lowest BCUT2D eigenvalue weighted by atomic mass is 10.0. The molecule has 0 fully saturated rings. The van der Waals surface area contributed by atoms with Crippen molar-refractivity contribution in [1.29, 1.82) is 0 Å². The van der Waals surface area contributed by atoms with Crippen LogP contribution in [0.2, 0.25) is 0 Å². The lowest BCUT2D eigenvalue weighted by Gasteiger charge is -2.22. The van der Waals surface area contributed by atoms with Crippen molar-refractivity contribution in [2.45, 2.75) is 24.5 Å². The summed E-state index contributed by atoms with van der Waals surface area (Å²) in [6, 6.07) is 0. The number of hydrogen-bond donors (Lipinski definition) is 5. The number of alkyl halides is 1. The van der Waals surface area contributed by atoms with Gasteiger partial charge in [-0.3, -0.25) is 0 Å². The van der Waals surface area contributed by atoms with E-state index in [0.29, 0.717) is 0 Å². The summed E-state index contributed by atoms with van der Waals surface area (Å²) in [5, 5.41) is 43.0. The second-order valence-corrected chi connectivity index (χ2v) is 2.43. The number of aliphatic hydroxyl groups is 5. The fraction of sp³-hybridized carbons (Fsp3) is 1.00. The zero-order valence-corrected chi connectivity index (χ0v) is 6.34. The van der Waals surface area contributed by atoms with Crippen LogP contribution in [0.25, 0.3) is 0 Å². The smallest absolute Gasteiger partial charge is 0.151 e. The normalized spacial score (nSPS) is 21.5. The van der Waals surface area contributed by atoms with Crippen molar-refractivity contribution < 1.29 is 29.9 Å². The third-order valence-electron chi connectivity index (χ3n) is 1.48. The molecule has 5 N–H and O–H groups in total. The van der Waals surface area contributed by atoms with Gasteiger partial charge in [-0.1, -0.05) is 0 Å². The summed E-state index contributed by atoms with van der Waals surface area (Å²) in [6.07, 6.45) is -7.32. The molecule has 0 heterocycles. The highest BCUT2D eigenvalue weighted by Gasteiger charge is 2.30. The van der Waals surface area contributed by atoms with Crippen LogP contribution in [0.5, 0.6) is 0 Å². The molecule has 12 heavy (non-hydrogen) atoms. The molecule has 0 unspecified atom stereocenters. The van der Waals surface area contributed by atoms with Gasteiger partial charge in [0.2, 0.25) is 0 Å². The van der Waals surface area contributed by atoms with Crippen molar-refractivity contribution in [2.75, 3.05) is 13.2 Å².